The van der Waals surface area contributed by atoms with E-state index in [-0.39, 0.29) is 11.8 Å². The third-order valence-corrected chi connectivity index (χ3v) is 4.02. The number of aromatic amines is 1. The molecule has 0 bridgehead atoms. The molecule has 5 nitrogen and oxygen atoms in total. The molecule has 104 valence electrons. The first-order valence-corrected chi connectivity index (χ1v) is 6.74. The number of hydrogen-bond donors (Lipinski definition) is 3. The Morgan fingerprint density at radius 2 is 2.16 bits per heavy atom. The third kappa shape index (κ3) is 3.16. The molecule has 1 aromatic heterocycles. The van der Waals surface area contributed by atoms with Gasteiger partial charge in [-0.3, -0.25) is 9.59 Å². The van der Waals surface area contributed by atoms with Gasteiger partial charge < -0.3 is 15.4 Å². The van der Waals surface area contributed by atoms with Crippen molar-refractivity contribution in [3.8, 4) is 0 Å². The van der Waals surface area contributed by atoms with Crippen molar-refractivity contribution in [1.29, 1.82) is 0 Å². The minimum Gasteiger partial charge on any atom is -0.481 e. The molecule has 1 aliphatic rings. The Kier molecular flexibility index (Phi) is 4.24. The summed E-state index contributed by atoms with van der Waals surface area (Å²) in [6, 6.07) is 1.89. The predicted molar refractivity (Wildman–Crippen MR) is 70.3 cm³/mol. The molecule has 1 saturated carbocycles. The molecule has 1 fully saturated rings. The summed E-state index contributed by atoms with van der Waals surface area (Å²) in [7, 11) is 0. The minimum atomic E-state index is -0.849. The number of amides is 1. The lowest BCUT2D eigenvalue weighted by molar-refractivity contribution is -0.146. The molecule has 19 heavy (non-hydrogen) atoms. The van der Waals surface area contributed by atoms with Crippen molar-refractivity contribution in [2.75, 3.05) is 0 Å². The van der Waals surface area contributed by atoms with Crippen LogP contribution in [-0.4, -0.2) is 22.0 Å². The van der Waals surface area contributed by atoms with Crippen LogP contribution in [0.25, 0.3) is 0 Å². The normalized spacial score (nSPS) is 26.3. The highest BCUT2D eigenvalue weighted by Gasteiger charge is 2.41. The zero-order chi connectivity index (χ0) is 13.8. The van der Waals surface area contributed by atoms with Crippen LogP contribution in [0.5, 0.6) is 0 Å². The minimum absolute atomic E-state index is 0.135. The van der Waals surface area contributed by atoms with Gasteiger partial charge in [0.15, 0.2) is 0 Å². The Bertz CT molecular complexity index is 442. The zero-order valence-corrected chi connectivity index (χ0v) is 11.1. The Morgan fingerprint density at radius 1 is 1.42 bits per heavy atom. The number of aliphatic carboxylic acids is 1. The van der Waals surface area contributed by atoms with Crippen molar-refractivity contribution >= 4 is 11.9 Å². The Balaban J connectivity index is 1.94. The van der Waals surface area contributed by atoms with Crippen molar-refractivity contribution in [2.45, 2.75) is 32.7 Å². The highest BCUT2D eigenvalue weighted by Crippen LogP contribution is 2.38. The average Bonchev–Trinajstić information content (AvgIpc) is 3.04. The number of aromatic nitrogens is 1. The number of nitrogens with one attached hydrogen (secondary N) is 2. The summed E-state index contributed by atoms with van der Waals surface area (Å²) in [6.45, 7) is 2.49. The Morgan fingerprint density at radius 3 is 2.74 bits per heavy atom. The summed E-state index contributed by atoms with van der Waals surface area (Å²) < 4.78 is 0. The first-order chi connectivity index (χ1) is 9.11. The van der Waals surface area contributed by atoms with Crippen molar-refractivity contribution in [1.82, 2.24) is 10.3 Å². The van der Waals surface area contributed by atoms with E-state index in [0.29, 0.717) is 25.3 Å². The highest BCUT2D eigenvalue weighted by molar-refractivity contribution is 5.85. The molecule has 3 unspecified atom stereocenters. The number of carbonyl (C=O) groups excluding carboxylic acids is 1. The lowest BCUT2D eigenvalue weighted by atomic mass is 9.95. The number of rotatable bonds is 5. The molecule has 0 aliphatic heterocycles. The summed E-state index contributed by atoms with van der Waals surface area (Å²) in [4.78, 5) is 26.3. The summed E-state index contributed by atoms with van der Waals surface area (Å²) in [5.41, 5.74) is 0.991. The fraction of sp³-hybridized carbons (Fsp3) is 0.571. The van der Waals surface area contributed by atoms with Crippen LogP contribution < -0.4 is 5.32 Å². The van der Waals surface area contributed by atoms with Crippen LogP contribution in [0.1, 0.15) is 31.7 Å². The summed E-state index contributed by atoms with van der Waals surface area (Å²) in [6.07, 6.45) is 5.86. The molecule has 0 spiro atoms. The van der Waals surface area contributed by atoms with Gasteiger partial charge >= 0.3 is 5.97 Å². The third-order valence-electron chi connectivity index (χ3n) is 4.02. The fourth-order valence-electron chi connectivity index (χ4n) is 2.83. The van der Waals surface area contributed by atoms with E-state index in [9.17, 15) is 14.7 Å². The molecule has 0 aromatic carbocycles. The van der Waals surface area contributed by atoms with Crippen LogP contribution in [0.3, 0.4) is 0 Å². The van der Waals surface area contributed by atoms with Gasteiger partial charge in [-0.15, -0.1) is 0 Å². The second kappa shape index (κ2) is 5.91. The van der Waals surface area contributed by atoms with Crippen LogP contribution in [0.2, 0.25) is 0 Å². The van der Waals surface area contributed by atoms with Crippen LogP contribution in [0, 0.1) is 17.8 Å². The smallest absolute Gasteiger partial charge is 0.307 e. The van der Waals surface area contributed by atoms with Gasteiger partial charge in [0.1, 0.15) is 0 Å². The van der Waals surface area contributed by atoms with E-state index < -0.39 is 11.9 Å². The van der Waals surface area contributed by atoms with Gasteiger partial charge in [0.05, 0.1) is 11.8 Å². The van der Waals surface area contributed by atoms with E-state index in [1.54, 1.807) is 6.20 Å². The molecule has 0 radical (unpaired) electrons. The monoisotopic (exact) mass is 264 g/mol. The van der Waals surface area contributed by atoms with E-state index in [4.69, 9.17) is 0 Å². The maximum atomic E-state index is 12.1. The average molecular weight is 264 g/mol. The van der Waals surface area contributed by atoms with E-state index in [2.05, 4.69) is 10.3 Å². The second-order valence-electron chi connectivity index (χ2n) is 5.23. The highest BCUT2D eigenvalue weighted by atomic mass is 16.4. The standard InChI is InChI=1S/C14H20N2O3/c1-2-9-5-11(12(6-9)14(18)19)13(17)16-8-10-3-4-15-7-10/h3-4,7,9,11-12,15H,2,5-6,8H2,1H3,(H,16,17)(H,18,19). The molecule has 0 saturated heterocycles. The van der Waals surface area contributed by atoms with Gasteiger partial charge in [-0.05, 0) is 30.4 Å². The molecule has 3 N–H and O–H groups in total. The van der Waals surface area contributed by atoms with Gasteiger partial charge in [-0.2, -0.15) is 0 Å². The molecule has 1 aliphatic carbocycles. The van der Waals surface area contributed by atoms with Gasteiger partial charge in [0.25, 0.3) is 0 Å². The summed E-state index contributed by atoms with van der Waals surface area (Å²) in [5, 5.41) is 12.0. The van der Waals surface area contributed by atoms with E-state index in [1.165, 1.54) is 0 Å². The Hall–Kier alpha value is -1.78. The second-order valence-corrected chi connectivity index (χ2v) is 5.23. The van der Waals surface area contributed by atoms with Gasteiger partial charge in [-0.1, -0.05) is 13.3 Å². The predicted octanol–water partition coefficient (Wildman–Crippen LogP) is 1.77. The molecule has 1 amide bonds. The van der Waals surface area contributed by atoms with Crippen molar-refractivity contribution in [2.24, 2.45) is 17.8 Å². The molecule has 2 rings (SSSR count). The van der Waals surface area contributed by atoms with Crippen LogP contribution in [-0.2, 0) is 16.1 Å². The van der Waals surface area contributed by atoms with E-state index in [0.717, 1.165) is 12.0 Å². The van der Waals surface area contributed by atoms with Crippen LogP contribution in [0.4, 0.5) is 0 Å². The number of carboxylic acid groups (broad SMARTS) is 1. The lowest BCUT2D eigenvalue weighted by Gasteiger charge is -2.15. The van der Waals surface area contributed by atoms with E-state index in [1.807, 2.05) is 19.2 Å². The van der Waals surface area contributed by atoms with Crippen molar-refractivity contribution < 1.29 is 14.7 Å². The number of carbonyl (C=O) groups is 2. The van der Waals surface area contributed by atoms with Crippen LogP contribution >= 0.6 is 0 Å². The quantitative estimate of drug-likeness (QED) is 0.758. The summed E-state index contributed by atoms with van der Waals surface area (Å²) >= 11 is 0. The number of carboxylic acids is 1. The van der Waals surface area contributed by atoms with Crippen molar-refractivity contribution in [3.05, 3.63) is 24.0 Å². The maximum absolute atomic E-state index is 12.1. The zero-order valence-electron chi connectivity index (χ0n) is 11.1. The lowest BCUT2D eigenvalue weighted by Crippen LogP contribution is -2.34. The largest absolute Gasteiger partial charge is 0.481 e. The Labute approximate surface area is 112 Å². The fourth-order valence-corrected chi connectivity index (χ4v) is 2.83. The van der Waals surface area contributed by atoms with Gasteiger partial charge in [0.2, 0.25) is 5.91 Å². The number of H-pyrrole nitrogens is 1. The van der Waals surface area contributed by atoms with Gasteiger partial charge in [-0.25, -0.2) is 0 Å². The molecular weight excluding hydrogens is 244 g/mol. The van der Waals surface area contributed by atoms with Gasteiger partial charge in [0, 0.05) is 18.9 Å². The van der Waals surface area contributed by atoms with E-state index >= 15 is 0 Å². The SMILES string of the molecule is CCC1CC(C(=O)O)C(C(=O)NCc2cc[nH]c2)C1. The molecule has 5 heteroatoms. The maximum Gasteiger partial charge on any atom is 0.307 e. The first kappa shape index (κ1) is 13.6. The molecule has 1 heterocycles. The summed E-state index contributed by atoms with van der Waals surface area (Å²) in [5.74, 6) is -1.55. The first-order valence-electron chi connectivity index (χ1n) is 6.74. The molecule has 1 aromatic rings. The molecular formula is C14H20N2O3. The number of hydrogen-bond acceptors (Lipinski definition) is 2. The van der Waals surface area contributed by atoms with Crippen molar-refractivity contribution in [3.63, 3.8) is 0 Å². The van der Waals surface area contributed by atoms with Crippen LogP contribution in [0.15, 0.2) is 18.5 Å². The topological polar surface area (TPSA) is 82.2 Å². The molecule has 3 atom stereocenters.